The third-order valence-electron chi connectivity index (χ3n) is 3.83. The number of ether oxygens (including phenoxy) is 1. The van der Waals surface area contributed by atoms with Crippen molar-refractivity contribution in [2.24, 2.45) is 0 Å². The number of hydrogen-bond donors (Lipinski definition) is 1. The Balaban J connectivity index is 1.73. The fraction of sp³-hybridized carbons (Fsp3) is 0.312. The molecule has 2 saturated heterocycles. The second-order valence-electron chi connectivity index (χ2n) is 5.44. The zero-order valence-corrected chi connectivity index (χ0v) is 12.9. The summed E-state index contributed by atoms with van der Waals surface area (Å²) in [6.07, 6.45) is 1.51. The maximum Gasteiger partial charge on any atom is 0.329 e. The molecule has 0 radical (unpaired) electrons. The van der Waals surface area contributed by atoms with Gasteiger partial charge in [-0.15, -0.1) is 0 Å². The number of urea groups is 1. The quantitative estimate of drug-likeness (QED) is 0.571. The summed E-state index contributed by atoms with van der Waals surface area (Å²) in [7, 11) is 0. The first kappa shape index (κ1) is 16.0. The number of benzene rings is 1. The van der Waals surface area contributed by atoms with Crippen molar-refractivity contribution < 1.29 is 24.2 Å². The van der Waals surface area contributed by atoms with Gasteiger partial charge >= 0.3 is 6.03 Å². The van der Waals surface area contributed by atoms with E-state index in [1.165, 1.54) is 6.08 Å². The molecule has 0 atom stereocenters. The highest BCUT2D eigenvalue weighted by molar-refractivity contribution is 6.15. The monoisotopic (exact) mass is 330 g/mol. The average Bonchev–Trinajstić information content (AvgIpc) is 2.83. The summed E-state index contributed by atoms with van der Waals surface area (Å²) in [5, 5.41) is 12.9. The Morgan fingerprint density at radius 2 is 1.88 bits per heavy atom. The zero-order valence-electron chi connectivity index (χ0n) is 12.9. The van der Waals surface area contributed by atoms with Gasteiger partial charge in [-0.3, -0.25) is 9.69 Å². The summed E-state index contributed by atoms with van der Waals surface area (Å²) in [6, 6.07) is 6.76. The molecule has 0 saturated carbocycles. The predicted molar refractivity (Wildman–Crippen MR) is 82.7 cm³/mol. The lowest BCUT2D eigenvalue weighted by Gasteiger charge is -2.28. The van der Waals surface area contributed by atoms with Gasteiger partial charge in [0, 0.05) is 18.8 Å². The third-order valence-corrected chi connectivity index (χ3v) is 3.83. The molecule has 1 N–H and O–H groups in total. The van der Waals surface area contributed by atoms with Crippen molar-refractivity contribution >= 4 is 29.7 Å². The topological polar surface area (TPSA) is 102 Å². The molecule has 0 spiro atoms. The number of imide groups is 1. The summed E-state index contributed by atoms with van der Waals surface area (Å²) in [5.41, 5.74) is 1.83. The lowest BCUT2D eigenvalue weighted by molar-refractivity contribution is -0.305. The number of amides is 3. The molecule has 24 heavy (non-hydrogen) atoms. The number of hydrogen-bond acceptors (Lipinski definition) is 6. The van der Waals surface area contributed by atoms with Crippen molar-refractivity contribution in [2.75, 3.05) is 37.7 Å². The number of carboxylic acid groups (broad SMARTS) is 1. The first-order valence-electron chi connectivity index (χ1n) is 7.52. The minimum absolute atomic E-state index is 0.0420. The van der Waals surface area contributed by atoms with Gasteiger partial charge in [-0.05, 0) is 23.8 Å². The highest BCUT2D eigenvalue weighted by Crippen LogP contribution is 2.19. The van der Waals surface area contributed by atoms with E-state index in [0.29, 0.717) is 18.1 Å². The Hall–Kier alpha value is -2.87. The average molecular weight is 330 g/mol. The summed E-state index contributed by atoms with van der Waals surface area (Å²) >= 11 is 0. The largest absolute Gasteiger partial charge is 0.548 e. The lowest BCUT2D eigenvalue weighted by atomic mass is 10.1. The Bertz CT molecular complexity index is 692. The van der Waals surface area contributed by atoms with Crippen LogP contribution in [0.4, 0.5) is 10.5 Å². The molecule has 0 aliphatic carbocycles. The first-order valence-corrected chi connectivity index (χ1v) is 7.52. The van der Waals surface area contributed by atoms with Crippen molar-refractivity contribution in [3.8, 4) is 0 Å². The number of carbonyl (C=O) groups is 3. The number of carbonyl (C=O) groups excluding carboxylic acids is 3. The number of carboxylic acids is 1. The molecule has 2 heterocycles. The standard InChI is InChI=1S/C16H17N3O5/c20-14(21)10-19-15(22)13(17-16(19)23)9-11-1-3-12(4-2-11)18-5-7-24-8-6-18/h1-4,9H,5-8,10H2,(H,17,23)(H,20,21)/p-1/b13-9+. The molecule has 2 aliphatic heterocycles. The van der Waals surface area contributed by atoms with Crippen LogP contribution in [0.1, 0.15) is 5.56 Å². The van der Waals surface area contributed by atoms with Crippen LogP contribution in [0.5, 0.6) is 0 Å². The molecular formula is C16H16N3O5-. The number of morpholine rings is 1. The minimum atomic E-state index is -1.49. The van der Waals surface area contributed by atoms with E-state index in [1.54, 1.807) is 0 Å². The summed E-state index contributed by atoms with van der Waals surface area (Å²) in [6.45, 7) is 2.28. The van der Waals surface area contributed by atoms with Crippen LogP contribution >= 0.6 is 0 Å². The molecule has 3 rings (SSSR count). The summed E-state index contributed by atoms with van der Waals surface area (Å²) < 4.78 is 5.31. The number of anilines is 1. The molecule has 2 fully saturated rings. The molecule has 2 aliphatic rings. The molecule has 0 unspecified atom stereocenters. The summed E-state index contributed by atoms with van der Waals surface area (Å²) in [4.78, 5) is 37.0. The zero-order chi connectivity index (χ0) is 17.1. The highest BCUT2D eigenvalue weighted by Gasteiger charge is 2.33. The molecule has 8 heteroatoms. The van der Waals surface area contributed by atoms with Crippen LogP contribution < -0.4 is 15.3 Å². The van der Waals surface area contributed by atoms with Gasteiger partial charge in [0.15, 0.2) is 0 Å². The van der Waals surface area contributed by atoms with Gasteiger partial charge in [-0.2, -0.15) is 0 Å². The van der Waals surface area contributed by atoms with Crippen molar-refractivity contribution in [3.05, 3.63) is 35.5 Å². The van der Waals surface area contributed by atoms with Crippen molar-refractivity contribution in [2.45, 2.75) is 0 Å². The van der Waals surface area contributed by atoms with E-state index in [-0.39, 0.29) is 5.70 Å². The number of rotatable bonds is 4. The molecule has 8 nitrogen and oxygen atoms in total. The Morgan fingerprint density at radius 3 is 2.50 bits per heavy atom. The van der Waals surface area contributed by atoms with Crippen molar-refractivity contribution in [1.29, 1.82) is 0 Å². The second kappa shape index (κ2) is 6.71. The number of aliphatic carboxylic acids is 1. The highest BCUT2D eigenvalue weighted by atomic mass is 16.5. The van der Waals surface area contributed by atoms with Gasteiger partial charge in [0.1, 0.15) is 5.70 Å². The van der Waals surface area contributed by atoms with Crippen LogP contribution in [-0.4, -0.2) is 55.7 Å². The van der Waals surface area contributed by atoms with E-state index in [2.05, 4.69) is 10.2 Å². The van der Waals surface area contributed by atoms with Gasteiger partial charge in [0.25, 0.3) is 5.91 Å². The SMILES string of the molecule is O=C([O-])CN1C(=O)N/C(=C/c2ccc(N3CCOCC3)cc2)C1=O. The van der Waals surface area contributed by atoms with Gasteiger partial charge in [-0.25, -0.2) is 4.79 Å². The number of nitrogens with one attached hydrogen (secondary N) is 1. The van der Waals surface area contributed by atoms with Crippen LogP contribution in [0.25, 0.3) is 6.08 Å². The third kappa shape index (κ3) is 3.38. The van der Waals surface area contributed by atoms with E-state index in [0.717, 1.165) is 24.3 Å². The lowest BCUT2D eigenvalue weighted by Crippen LogP contribution is -2.41. The van der Waals surface area contributed by atoms with Gasteiger partial charge in [0.2, 0.25) is 0 Å². The first-order chi connectivity index (χ1) is 11.5. The maximum absolute atomic E-state index is 12.0. The molecular weight excluding hydrogens is 314 g/mol. The van der Waals surface area contributed by atoms with Crippen LogP contribution in [-0.2, 0) is 14.3 Å². The van der Waals surface area contributed by atoms with Crippen LogP contribution in [0.2, 0.25) is 0 Å². The molecule has 0 aromatic heterocycles. The van der Waals surface area contributed by atoms with Gasteiger partial charge < -0.3 is 24.9 Å². The fourth-order valence-corrected chi connectivity index (χ4v) is 2.61. The van der Waals surface area contributed by atoms with E-state index < -0.39 is 24.5 Å². The second-order valence-corrected chi connectivity index (χ2v) is 5.44. The summed E-state index contributed by atoms with van der Waals surface area (Å²) in [5.74, 6) is -2.17. The van der Waals surface area contributed by atoms with Gasteiger partial charge in [-0.1, -0.05) is 12.1 Å². The molecule has 0 bridgehead atoms. The van der Waals surface area contributed by atoms with Crippen molar-refractivity contribution in [3.63, 3.8) is 0 Å². The molecule has 1 aromatic carbocycles. The normalized spacial score (nSPS) is 19.8. The van der Waals surface area contributed by atoms with Crippen LogP contribution in [0, 0.1) is 0 Å². The number of nitrogens with zero attached hydrogens (tertiary/aromatic N) is 2. The van der Waals surface area contributed by atoms with Crippen LogP contribution in [0.15, 0.2) is 30.0 Å². The molecule has 1 aromatic rings. The Labute approximate surface area is 138 Å². The Morgan fingerprint density at radius 1 is 1.21 bits per heavy atom. The van der Waals surface area contributed by atoms with E-state index in [9.17, 15) is 19.5 Å². The molecule has 3 amide bonds. The Kier molecular flexibility index (Phi) is 4.48. The van der Waals surface area contributed by atoms with E-state index in [1.807, 2.05) is 24.3 Å². The fourth-order valence-electron chi connectivity index (χ4n) is 2.61. The van der Waals surface area contributed by atoms with E-state index in [4.69, 9.17) is 4.74 Å². The molecule has 126 valence electrons. The van der Waals surface area contributed by atoms with E-state index >= 15 is 0 Å². The van der Waals surface area contributed by atoms with Crippen LogP contribution in [0.3, 0.4) is 0 Å². The minimum Gasteiger partial charge on any atom is -0.548 e. The maximum atomic E-state index is 12.0. The smallest absolute Gasteiger partial charge is 0.329 e. The predicted octanol–water partition coefficient (Wildman–Crippen LogP) is -0.834. The van der Waals surface area contributed by atoms with Crippen molar-refractivity contribution in [1.82, 2.24) is 10.2 Å². The van der Waals surface area contributed by atoms with Gasteiger partial charge in [0.05, 0.1) is 25.7 Å².